The minimum absolute atomic E-state index is 0.190. The van der Waals surface area contributed by atoms with Crippen LogP contribution in [0.4, 0.5) is 5.95 Å². The summed E-state index contributed by atoms with van der Waals surface area (Å²) in [6, 6.07) is 7.39. The molecule has 9 heteroatoms. The van der Waals surface area contributed by atoms with Crippen molar-refractivity contribution in [1.82, 2.24) is 20.6 Å². The van der Waals surface area contributed by atoms with Crippen molar-refractivity contribution in [1.29, 1.82) is 0 Å². The Labute approximate surface area is 123 Å². The van der Waals surface area contributed by atoms with E-state index in [1.54, 1.807) is 6.07 Å². The van der Waals surface area contributed by atoms with Crippen LogP contribution in [0, 0.1) is 0 Å². The summed E-state index contributed by atoms with van der Waals surface area (Å²) in [6.45, 7) is 0. The molecule has 0 aliphatic carbocycles. The molecule has 0 fully saturated rings. The quantitative estimate of drug-likeness (QED) is 0.244. The van der Waals surface area contributed by atoms with Gasteiger partial charge in [0, 0.05) is 16.7 Å². The highest BCUT2D eigenvalue weighted by Gasteiger charge is 2.20. The highest BCUT2D eigenvalue weighted by atomic mass is 32.2. The Morgan fingerprint density at radius 1 is 1.43 bits per heavy atom. The molecule has 108 valence electrons. The van der Waals surface area contributed by atoms with Gasteiger partial charge in [-0.1, -0.05) is 30.0 Å². The maximum Gasteiger partial charge on any atom is 0.301 e. The van der Waals surface area contributed by atoms with Crippen molar-refractivity contribution in [3.8, 4) is 0 Å². The molecule has 8 nitrogen and oxygen atoms in total. The topological polar surface area (TPSA) is 136 Å². The Morgan fingerprint density at radius 2 is 2.24 bits per heavy atom. The predicted molar refractivity (Wildman–Crippen MR) is 78.2 cm³/mol. The lowest BCUT2D eigenvalue weighted by molar-refractivity contribution is 0.0927. The average molecular weight is 304 g/mol. The highest BCUT2D eigenvalue weighted by Crippen LogP contribution is 2.31. The molecular weight excluding hydrogens is 292 g/mol. The Bertz CT molecular complexity index is 796. The first-order valence-electron chi connectivity index (χ1n) is 6.01. The number of para-hydroxylation sites is 1. The Morgan fingerprint density at radius 3 is 2.95 bits per heavy atom. The summed E-state index contributed by atoms with van der Waals surface area (Å²) in [5, 5.41) is 7.84. The number of fused-ring (bicyclic) bond motifs is 1. The van der Waals surface area contributed by atoms with Crippen molar-refractivity contribution in [3.63, 3.8) is 0 Å². The summed E-state index contributed by atoms with van der Waals surface area (Å²) in [4.78, 5) is 15.8. The number of carbonyl (C=O) groups excluding carboxylic acids is 1. The molecule has 0 atom stereocenters. The van der Waals surface area contributed by atoms with Crippen LogP contribution in [0.3, 0.4) is 0 Å². The average Bonchev–Trinajstić information content (AvgIpc) is 3.07. The number of amides is 1. The molecule has 0 bridgehead atoms. The molecule has 0 aliphatic rings. The van der Waals surface area contributed by atoms with Crippen LogP contribution in [0.5, 0.6) is 0 Å². The minimum atomic E-state index is -0.476. The standard InChI is InChI=1S/C12H12N6O2S/c13-11-15-12(18-17-11)21-5-7-6-3-1-2-4-8(6)20-9(7)10(19)16-14/h1-4H,5,14H2,(H,16,19)(H3,13,15,17,18). The van der Waals surface area contributed by atoms with E-state index in [1.807, 2.05) is 18.2 Å². The molecule has 0 spiro atoms. The van der Waals surface area contributed by atoms with Gasteiger partial charge in [0.2, 0.25) is 11.1 Å². The summed E-state index contributed by atoms with van der Waals surface area (Å²) < 4.78 is 5.57. The third kappa shape index (κ3) is 2.56. The third-order valence-corrected chi connectivity index (χ3v) is 3.74. The van der Waals surface area contributed by atoms with Gasteiger partial charge in [-0.2, -0.15) is 4.98 Å². The fourth-order valence-electron chi connectivity index (χ4n) is 1.95. The van der Waals surface area contributed by atoms with Crippen molar-refractivity contribution in [2.24, 2.45) is 5.84 Å². The van der Waals surface area contributed by atoms with Gasteiger partial charge in [-0.15, -0.1) is 5.10 Å². The van der Waals surface area contributed by atoms with E-state index >= 15 is 0 Å². The van der Waals surface area contributed by atoms with Crippen LogP contribution in [-0.2, 0) is 5.75 Å². The maximum absolute atomic E-state index is 11.8. The first-order chi connectivity index (χ1) is 10.2. The fraction of sp³-hybridized carbons (Fsp3) is 0.0833. The molecule has 0 unspecified atom stereocenters. The lowest BCUT2D eigenvalue weighted by atomic mass is 10.1. The molecule has 21 heavy (non-hydrogen) atoms. The number of nitrogens with two attached hydrogens (primary N) is 2. The van der Waals surface area contributed by atoms with Gasteiger partial charge in [0.1, 0.15) is 5.58 Å². The maximum atomic E-state index is 11.8. The molecule has 0 aliphatic heterocycles. The number of nitrogens with one attached hydrogen (secondary N) is 2. The normalized spacial score (nSPS) is 10.9. The molecule has 1 amide bonds. The third-order valence-electron chi connectivity index (χ3n) is 2.86. The van der Waals surface area contributed by atoms with E-state index in [4.69, 9.17) is 16.0 Å². The van der Waals surface area contributed by atoms with Crippen LogP contribution < -0.4 is 17.0 Å². The van der Waals surface area contributed by atoms with Crippen molar-refractivity contribution in [3.05, 3.63) is 35.6 Å². The second kappa shape index (κ2) is 5.46. The second-order valence-corrected chi connectivity index (χ2v) is 5.11. The Hall–Kier alpha value is -2.52. The van der Waals surface area contributed by atoms with Crippen LogP contribution in [0.1, 0.15) is 16.1 Å². The zero-order valence-electron chi connectivity index (χ0n) is 10.8. The smallest absolute Gasteiger partial charge is 0.301 e. The summed E-state index contributed by atoms with van der Waals surface area (Å²) in [5.41, 5.74) is 8.93. The molecule has 0 saturated carbocycles. The van der Waals surface area contributed by atoms with Crippen LogP contribution in [0.15, 0.2) is 33.8 Å². The SMILES string of the molecule is NNC(=O)c1oc2ccccc2c1CSc1n[nH]c(N)n1. The van der Waals surface area contributed by atoms with E-state index in [1.165, 1.54) is 11.8 Å². The molecule has 3 aromatic rings. The van der Waals surface area contributed by atoms with Crippen LogP contribution in [0.25, 0.3) is 11.0 Å². The van der Waals surface area contributed by atoms with Crippen LogP contribution in [-0.4, -0.2) is 21.1 Å². The summed E-state index contributed by atoms with van der Waals surface area (Å²) in [7, 11) is 0. The van der Waals surface area contributed by atoms with Crippen LogP contribution >= 0.6 is 11.8 Å². The first kappa shape index (κ1) is 13.5. The number of furan rings is 1. The van der Waals surface area contributed by atoms with Gasteiger partial charge in [0.05, 0.1) is 0 Å². The zero-order valence-corrected chi connectivity index (χ0v) is 11.6. The van der Waals surface area contributed by atoms with Gasteiger partial charge in [0.25, 0.3) is 0 Å². The van der Waals surface area contributed by atoms with Gasteiger partial charge < -0.3 is 10.2 Å². The van der Waals surface area contributed by atoms with Gasteiger partial charge >= 0.3 is 5.91 Å². The van der Waals surface area contributed by atoms with Gasteiger partial charge in [0.15, 0.2) is 5.76 Å². The number of hydrogen-bond donors (Lipinski definition) is 4. The van der Waals surface area contributed by atoms with E-state index in [9.17, 15) is 4.79 Å². The van der Waals surface area contributed by atoms with Gasteiger partial charge in [-0.25, -0.2) is 10.9 Å². The number of aromatic nitrogens is 3. The molecule has 2 aromatic heterocycles. The molecular formula is C12H12N6O2S. The summed E-state index contributed by atoms with van der Waals surface area (Å²) >= 11 is 1.34. The predicted octanol–water partition coefficient (Wildman–Crippen LogP) is 1.03. The van der Waals surface area contributed by atoms with Crippen LogP contribution in [0.2, 0.25) is 0 Å². The number of H-pyrrole nitrogens is 1. The molecule has 3 rings (SSSR count). The minimum Gasteiger partial charge on any atom is -0.451 e. The van der Waals surface area contributed by atoms with E-state index in [0.29, 0.717) is 16.5 Å². The lowest BCUT2D eigenvalue weighted by Gasteiger charge is -2.00. The fourth-order valence-corrected chi connectivity index (χ4v) is 2.78. The number of anilines is 1. The number of hydrazine groups is 1. The number of nitrogens with zero attached hydrogens (tertiary/aromatic N) is 2. The molecule has 0 saturated heterocycles. The summed E-state index contributed by atoms with van der Waals surface area (Å²) in [5.74, 6) is 5.61. The number of rotatable bonds is 4. The molecule has 2 heterocycles. The Balaban J connectivity index is 1.96. The van der Waals surface area contributed by atoms with E-state index in [0.717, 1.165) is 10.9 Å². The largest absolute Gasteiger partial charge is 0.451 e. The molecule has 1 aromatic carbocycles. The number of aromatic amines is 1. The lowest BCUT2D eigenvalue weighted by Crippen LogP contribution is -2.30. The number of thioether (sulfide) groups is 1. The highest BCUT2D eigenvalue weighted by molar-refractivity contribution is 7.98. The van der Waals surface area contributed by atoms with Gasteiger partial charge in [-0.05, 0) is 6.07 Å². The number of nitrogen functional groups attached to an aromatic ring is 2. The van der Waals surface area contributed by atoms with Crippen molar-refractivity contribution >= 4 is 34.6 Å². The van der Waals surface area contributed by atoms with Gasteiger partial charge in [-0.3, -0.25) is 10.2 Å². The Kier molecular flexibility index (Phi) is 3.50. The van der Waals surface area contributed by atoms with E-state index in [2.05, 4.69) is 20.6 Å². The molecule has 6 N–H and O–H groups in total. The second-order valence-electron chi connectivity index (χ2n) is 4.17. The van der Waals surface area contributed by atoms with E-state index < -0.39 is 5.91 Å². The first-order valence-corrected chi connectivity index (χ1v) is 6.99. The summed E-state index contributed by atoms with van der Waals surface area (Å²) in [6.07, 6.45) is 0. The molecule has 0 radical (unpaired) electrons. The monoisotopic (exact) mass is 304 g/mol. The number of benzene rings is 1. The number of hydrogen-bond acceptors (Lipinski definition) is 7. The van der Waals surface area contributed by atoms with Crippen molar-refractivity contribution in [2.75, 3.05) is 5.73 Å². The number of carbonyl (C=O) groups is 1. The van der Waals surface area contributed by atoms with Crippen molar-refractivity contribution in [2.45, 2.75) is 10.9 Å². The van der Waals surface area contributed by atoms with Crippen molar-refractivity contribution < 1.29 is 9.21 Å². The zero-order chi connectivity index (χ0) is 14.8. The van der Waals surface area contributed by atoms with E-state index in [-0.39, 0.29) is 11.7 Å².